The number of hydrogen-bond acceptors (Lipinski definition) is 5. The van der Waals surface area contributed by atoms with Crippen molar-refractivity contribution in [2.75, 3.05) is 26.2 Å². The molecule has 0 radical (unpaired) electrons. The van der Waals surface area contributed by atoms with Gasteiger partial charge in [-0.1, -0.05) is 0 Å². The van der Waals surface area contributed by atoms with Crippen LogP contribution in [0.5, 0.6) is 0 Å². The van der Waals surface area contributed by atoms with Crippen LogP contribution in [0.1, 0.15) is 33.0 Å². The monoisotopic (exact) mass is 333 g/mol. The molecule has 0 spiro atoms. The van der Waals surface area contributed by atoms with E-state index in [4.69, 9.17) is 0 Å². The van der Waals surface area contributed by atoms with Crippen LogP contribution in [0.15, 0.2) is 12.3 Å². The molecule has 0 unspecified atom stereocenters. The minimum Gasteiger partial charge on any atom is -0.351 e. The zero-order valence-corrected chi connectivity index (χ0v) is 14.8. The molecule has 2 aromatic heterocycles. The van der Waals surface area contributed by atoms with E-state index in [1.165, 1.54) is 0 Å². The minimum atomic E-state index is 0.154. The normalized spacial score (nSPS) is 16.0. The van der Waals surface area contributed by atoms with E-state index >= 15 is 0 Å². The summed E-state index contributed by atoms with van der Waals surface area (Å²) in [6, 6.07) is 1.94. The second-order valence-electron chi connectivity index (χ2n) is 5.88. The molecule has 1 aliphatic heterocycles. The molecule has 0 bridgehead atoms. The SMILES string of the molecule is CCn1ccc(C(=O)N2CCN(Cc3nnc(C)s3)CC2)c1C. The Bertz CT molecular complexity index is 684. The molecular weight excluding hydrogens is 310 g/mol. The number of piperazine rings is 1. The minimum absolute atomic E-state index is 0.154. The van der Waals surface area contributed by atoms with Gasteiger partial charge in [0.1, 0.15) is 10.0 Å². The highest BCUT2D eigenvalue weighted by molar-refractivity contribution is 7.11. The summed E-state index contributed by atoms with van der Waals surface area (Å²) in [7, 11) is 0. The Hall–Kier alpha value is -1.73. The van der Waals surface area contributed by atoms with E-state index in [0.29, 0.717) is 0 Å². The van der Waals surface area contributed by atoms with Gasteiger partial charge < -0.3 is 9.47 Å². The van der Waals surface area contributed by atoms with Crippen molar-refractivity contribution in [1.82, 2.24) is 24.6 Å². The van der Waals surface area contributed by atoms with Crippen molar-refractivity contribution in [3.8, 4) is 0 Å². The van der Waals surface area contributed by atoms with Gasteiger partial charge in [0.25, 0.3) is 5.91 Å². The van der Waals surface area contributed by atoms with Crippen LogP contribution in [0.4, 0.5) is 0 Å². The number of carbonyl (C=O) groups is 1. The molecule has 1 fully saturated rings. The third-order valence-corrected chi connectivity index (χ3v) is 5.22. The van der Waals surface area contributed by atoms with Gasteiger partial charge in [0.2, 0.25) is 0 Å². The van der Waals surface area contributed by atoms with Gasteiger partial charge in [-0.15, -0.1) is 21.5 Å². The van der Waals surface area contributed by atoms with E-state index in [1.54, 1.807) is 11.3 Å². The van der Waals surface area contributed by atoms with Gasteiger partial charge in [-0.05, 0) is 26.8 Å². The molecular formula is C16H23N5OS. The molecule has 1 saturated heterocycles. The summed E-state index contributed by atoms with van der Waals surface area (Å²) in [6.07, 6.45) is 2.00. The van der Waals surface area contributed by atoms with Gasteiger partial charge >= 0.3 is 0 Å². The molecule has 0 aliphatic carbocycles. The molecule has 124 valence electrons. The lowest BCUT2D eigenvalue weighted by Crippen LogP contribution is -2.48. The fraction of sp³-hybridized carbons (Fsp3) is 0.562. The number of hydrogen-bond donors (Lipinski definition) is 0. The van der Waals surface area contributed by atoms with Crippen LogP contribution >= 0.6 is 11.3 Å². The van der Waals surface area contributed by atoms with Crippen LogP contribution in [0.3, 0.4) is 0 Å². The lowest BCUT2D eigenvalue weighted by Gasteiger charge is -2.34. The Morgan fingerprint density at radius 3 is 2.52 bits per heavy atom. The molecule has 23 heavy (non-hydrogen) atoms. The molecule has 1 amide bonds. The van der Waals surface area contributed by atoms with Crippen molar-refractivity contribution in [3.05, 3.63) is 33.5 Å². The Labute approximate surface area is 140 Å². The Kier molecular flexibility index (Phi) is 4.77. The van der Waals surface area contributed by atoms with Crippen LogP contribution in [0.2, 0.25) is 0 Å². The highest BCUT2D eigenvalue weighted by Crippen LogP contribution is 2.16. The molecule has 0 atom stereocenters. The lowest BCUT2D eigenvalue weighted by atomic mass is 10.2. The Morgan fingerprint density at radius 1 is 1.22 bits per heavy atom. The van der Waals surface area contributed by atoms with Crippen LogP contribution in [0.25, 0.3) is 0 Å². The zero-order valence-electron chi connectivity index (χ0n) is 13.9. The third-order valence-electron chi connectivity index (χ3n) is 4.40. The van der Waals surface area contributed by atoms with E-state index in [9.17, 15) is 4.79 Å². The molecule has 3 heterocycles. The topological polar surface area (TPSA) is 54.3 Å². The summed E-state index contributed by atoms with van der Waals surface area (Å²) in [6.45, 7) is 11.1. The second-order valence-corrected chi connectivity index (χ2v) is 7.15. The van der Waals surface area contributed by atoms with E-state index in [1.807, 2.05) is 31.0 Å². The molecule has 0 saturated carbocycles. The van der Waals surface area contributed by atoms with Gasteiger partial charge in [0, 0.05) is 44.6 Å². The molecule has 2 aromatic rings. The predicted molar refractivity (Wildman–Crippen MR) is 90.7 cm³/mol. The summed E-state index contributed by atoms with van der Waals surface area (Å²) in [5.41, 5.74) is 1.89. The van der Waals surface area contributed by atoms with Gasteiger partial charge in [0.15, 0.2) is 0 Å². The zero-order chi connectivity index (χ0) is 16.4. The number of aryl methyl sites for hydroxylation is 2. The van der Waals surface area contributed by atoms with Crippen LogP contribution in [-0.4, -0.2) is 56.7 Å². The molecule has 7 heteroatoms. The number of aromatic nitrogens is 3. The van der Waals surface area contributed by atoms with Crippen LogP contribution < -0.4 is 0 Å². The maximum Gasteiger partial charge on any atom is 0.255 e. The first-order valence-corrected chi connectivity index (χ1v) is 8.86. The predicted octanol–water partition coefficient (Wildman–Crippen LogP) is 1.93. The molecule has 0 N–H and O–H groups in total. The summed E-state index contributed by atoms with van der Waals surface area (Å²) in [4.78, 5) is 17.0. The summed E-state index contributed by atoms with van der Waals surface area (Å²) >= 11 is 1.65. The Balaban J connectivity index is 1.57. The third kappa shape index (κ3) is 3.45. The fourth-order valence-electron chi connectivity index (χ4n) is 2.99. The van der Waals surface area contributed by atoms with Gasteiger partial charge in [-0.3, -0.25) is 9.69 Å². The summed E-state index contributed by atoms with van der Waals surface area (Å²) in [5.74, 6) is 0.154. The summed E-state index contributed by atoms with van der Waals surface area (Å²) < 4.78 is 2.11. The number of carbonyl (C=O) groups excluding carboxylic acids is 1. The van der Waals surface area contributed by atoms with Gasteiger partial charge in [-0.2, -0.15) is 0 Å². The van der Waals surface area contributed by atoms with Crippen molar-refractivity contribution >= 4 is 17.2 Å². The van der Waals surface area contributed by atoms with Crippen molar-refractivity contribution in [1.29, 1.82) is 0 Å². The standard InChI is InChI=1S/C16H23N5OS/c1-4-20-6-5-14(12(20)2)16(22)21-9-7-19(8-10-21)11-15-18-17-13(3)23-15/h5-6H,4,7-11H2,1-3H3. The van der Waals surface area contributed by atoms with Crippen LogP contribution in [-0.2, 0) is 13.1 Å². The average Bonchev–Trinajstić information content (AvgIpc) is 3.13. The van der Waals surface area contributed by atoms with Crippen molar-refractivity contribution < 1.29 is 4.79 Å². The van der Waals surface area contributed by atoms with Crippen molar-refractivity contribution in [2.24, 2.45) is 0 Å². The van der Waals surface area contributed by atoms with E-state index in [2.05, 4.69) is 26.6 Å². The van der Waals surface area contributed by atoms with Crippen molar-refractivity contribution in [2.45, 2.75) is 33.9 Å². The van der Waals surface area contributed by atoms with Crippen molar-refractivity contribution in [3.63, 3.8) is 0 Å². The van der Waals surface area contributed by atoms with E-state index in [0.717, 1.165) is 60.5 Å². The smallest absolute Gasteiger partial charge is 0.255 e. The fourth-order valence-corrected chi connectivity index (χ4v) is 3.74. The van der Waals surface area contributed by atoms with Crippen LogP contribution in [0, 0.1) is 13.8 Å². The molecule has 3 rings (SSSR count). The quantitative estimate of drug-likeness (QED) is 0.858. The first-order valence-electron chi connectivity index (χ1n) is 8.05. The maximum absolute atomic E-state index is 12.7. The molecule has 1 aliphatic rings. The molecule has 0 aromatic carbocycles. The lowest BCUT2D eigenvalue weighted by molar-refractivity contribution is 0.0627. The number of amides is 1. The highest BCUT2D eigenvalue weighted by atomic mass is 32.1. The summed E-state index contributed by atoms with van der Waals surface area (Å²) in [5, 5.41) is 10.3. The number of nitrogens with zero attached hydrogens (tertiary/aromatic N) is 5. The first-order chi connectivity index (χ1) is 11.1. The number of rotatable bonds is 4. The second kappa shape index (κ2) is 6.80. The Morgan fingerprint density at radius 2 is 1.96 bits per heavy atom. The van der Waals surface area contributed by atoms with E-state index < -0.39 is 0 Å². The van der Waals surface area contributed by atoms with Gasteiger partial charge in [-0.25, -0.2) is 0 Å². The largest absolute Gasteiger partial charge is 0.351 e. The average molecular weight is 333 g/mol. The first kappa shape index (κ1) is 16.1. The van der Waals surface area contributed by atoms with E-state index in [-0.39, 0.29) is 5.91 Å². The van der Waals surface area contributed by atoms with Gasteiger partial charge in [0.05, 0.1) is 12.1 Å². The maximum atomic E-state index is 12.7. The molecule has 6 nitrogen and oxygen atoms in total. The highest BCUT2D eigenvalue weighted by Gasteiger charge is 2.24.